The highest BCUT2D eigenvalue weighted by atomic mass is 35.5. The van der Waals surface area contributed by atoms with Crippen LogP contribution in [0.5, 0.6) is 0 Å². The SMILES string of the molecule is Cc1cnc(Nc2cc(C)c(C)c(C)c2)nc1Nc1cc(Cl)c2oc(=O)n(COP(=O)(OC(C)(C)C)OC(C)(C)C)c2c1. The Kier molecular flexibility index (Phi) is 9.17. The molecule has 0 saturated carbocycles. The van der Waals surface area contributed by atoms with Crippen LogP contribution >= 0.6 is 19.4 Å². The molecule has 0 bridgehead atoms. The van der Waals surface area contributed by atoms with Gasteiger partial charge in [-0.3, -0.25) is 13.6 Å². The zero-order chi connectivity index (χ0) is 31.9. The van der Waals surface area contributed by atoms with Crippen molar-refractivity contribution in [3.63, 3.8) is 0 Å². The molecule has 2 aromatic heterocycles. The number of benzene rings is 2. The number of fused-ring (bicyclic) bond motifs is 1. The van der Waals surface area contributed by atoms with Crippen LogP contribution in [-0.4, -0.2) is 25.7 Å². The number of nitrogens with zero attached hydrogens (tertiary/aromatic N) is 3. The first kappa shape index (κ1) is 32.7. The number of anilines is 4. The molecule has 0 unspecified atom stereocenters. The Morgan fingerprint density at radius 1 is 0.907 bits per heavy atom. The predicted octanol–water partition coefficient (Wildman–Crippen LogP) is 8.47. The van der Waals surface area contributed by atoms with E-state index in [9.17, 15) is 9.36 Å². The van der Waals surface area contributed by atoms with Crippen LogP contribution in [-0.2, 0) is 24.9 Å². The van der Waals surface area contributed by atoms with Crippen LogP contribution in [0.25, 0.3) is 11.1 Å². The molecule has 13 heteroatoms. The van der Waals surface area contributed by atoms with Gasteiger partial charge in [-0.1, -0.05) is 11.6 Å². The van der Waals surface area contributed by atoms with E-state index >= 15 is 0 Å². The van der Waals surface area contributed by atoms with Gasteiger partial charge in [-0.05, 0) is 110 Å². The highest BCUT2D eigenvalue weighted by molar-refractivity contribution is 7.48. The lowest BCUT2D eigenvalue weighted by Gasteiger charge is -2.30. The molecule has 4 rings (SSSR count). The second-order valence-corrected chi connectivity index (χ2v) is 14.4. The van der Waals surface area contributed by atoms with Crippen molar-refractivity contribution in [3.05, 3.63) is 68.3 Å². The summed E-state index contributed by atoms with van der Waals surface area (Å²) < 4.78 is 37.1. The maximum Gasteiger partial charge on any atom is 0.477 e. The third kappa shape index (κ3) is 8.25. The second kappa shape index (κ2) is 12.1. The maximum absolute atomic E-state index is 13.5. The van der Waals surface area contributed by atoms with Crippen molar-refractivity contribution in [2.24, 2.45) is 0 Å². The van der Waals surface area contributed by atoms with Gasteiger partial charge in [-0.2, -0.15) is 4.98 Å². The quantitative estimate of drug-likeness (QED) is 0.173. The van der Waals surface area contributed by atoms with Gasteiger partial charge in [0.1, 0.15) is 12.5 Å². The van der Waals surface area contributed by atoms with Gasteiger partial charge in [-0.25, -0.2) is 18.9 Å². The summed E-state index contributed by atoms with van der Waals surface area (Å²) in [7, 11) is -4.10. The third-order valence-electron chi connectivity index (χ3n) is 6.26. The summed E-state index contributed by atoms with van der Waals surface area (Å²) in [4.78, 5) is 21.9. The number of phosphoric ester groups is 1. The summed E-state index contributed by atoms with van der Waals surface area (Å²) in [6.07, 6.45) is 1.70. The van der Waals surface area contributed by atoms with Crippen LogP contribution in [0.4, 0.5) is 23.1 Å². The van der Waals surface area contributed by atoms with Crippen LogP contribution in [0.2, 0.25) is 5.02 Å². The first-order valence-electron chi connectivity index (χ1n) is 13.8. The summed E-state index contributed by atoms with van der Waals surface area (Å²) in [6, 6.07) is 7.38. The van der Waals surface area contributed by atoms with Gasteiger partial charge in [-0.15, -0.1) is 0 Å². The van der Waals surface area contributed by atoms with Crippen LogP contribution in [0.15, 0.2) is 39.7 Å². The van der Waals surface area contributed by atoms with Gasteiger partial charge in [0.05, 0.1) is 21.7 Å². The predicted molar refractivity (Wildman–Crippen MR) is 170 cm³/mol. The lowest BCUT2D eigenvalue weighted by atomic mass is 10.0. The molecule has 2 heterocycles. The third-order valence-corrected chi connectivity index (χ3v) is 8.51. The van der Waals surface area contributed by atoms with Crippen LogP contribution < -0.4 is 16.4 Å². The van der Waals surface area contributed by atoms with E-state index in [4.69, 9.17) is 29.6 Å². The first-order valence-corrected chi connectivity index (χ1v) is 15.6. The molecular weight excluding hydrogens is 593 g/mol. The summed E-state index contributed by atoms with van der Waals surface area (Å²) in [6.45, 7) is 18.0. The van der Waals surface area contributed by atoms with Crippen molar-refractivity contribution in [1.82, 2.24) is 14.5 Å². The minimum absolute atomic E-state index is 0.149. The molecule has 0 aliphatic rings. The van der Waals surface area contributed by atoms with Crippen molar-refractivity contribution in [2.75, 3.05) is 10.6 Å². The molecule has 2 N–H and O–H groups in total. The highest BCUT2D eigenvalue weighted by Crippen LogP contribution is 2.55. The number of aryl methyl sites for hydroxylation is 3. The van der Waals surface area contributed by atoms with E-state index in [1.54, 1.807) is 59.9 Å². The lowest BCUT2D eigenvalue weighted by Crippen LogP contribution is -2.26. The zero-order valence-electron chi connectivity index (χ0n) is 26.2. The van der Waals surface area contributed by atoms with E-state index in [1.165, 1.54) is 10.1 Å². The molecule has 232 valence electrons. The van der Waals surface area contributed by atoms with Crippen LogP contribution in [0.3, 0.4) is 0 Å². The number of halogens is 1. The molecule has 0 amide bonds. The number of aromatic nitrogens is 3. The van der Waals surface area contributed by atoms with Crippen molar-refractivity contribution < 1.29 is 22.6 Å². The fraction of sp³-hybridized carbons (Fsp3) is 0.433. The Hall–Kier alpha value is -3.21. The minimum Gasteiger partial charge on any atom is -0.406 e. The van der Waals surface area contributed by atoms with Gasteiger partial charge in [0.2, 0.25) is 5.95 Å². The Balaban J connectivity index is 1.64. The van der Waals surface area contributed by atoms with Gasteiger partial charge >= 0.3 is 13.6 Å². The number of nitrogens with one attached hydrogen (secondary N) is 2. The summed E-state index contributed by atoms with van der Waals surface area (Å²) in [5, 5.41) is 6.71. The van der Waals surface area contributed by atoms with Crippen molar-refractivity contribution >= 4 is 53.7 Å². The Labute approximate surface area is 256 Å². The minimum atomic E-state index is -4.10. The normalized spacial score (nSPS) is 12.6. The van der Waals surface area contributed by atoms with Crippen LogP contribution in [0.1, 0.15) is 63.8 Å². The highest BCUT2D eigenvalue weighted by Gasteiger charge is 2.37. The van der Waals surface area contributed by atoms with Crippen LogP contribution in [0, 0.1) is 27.7 Å². The Morgan fingerprint density at radius 3 is 2.07 bits per heavy atom. The van der Waals surface area contributed by atoms with Crippen molar-refractivity contribution in [2.45, 2.75) is 87.2 Å². The number of phosphoric acid groups is 1. The Morgan fingerprint density at radius 2 is 1.49 bits per heavy atom. The molecule has 43 heavy (non-hydrogen) atoms. The Bertz CT molecular complexity index is 1730. The molecule has 0 aliphatic carbocycles. The van der Waals surface area contributed by atoms with E-state index < -0.39 is 31.5 Å². The van der Waals surface area contributed by atoms with E-state index in [0.717, 1.165) is 22.4 Å². The molecule has 0 fully saturated rings. The van der Waals surface area contributed by atoms with Crippen molar-refractivity contribution in [3.8, 4) is 0 Å². The monoisotopic (exact) mass is 631 g/mol. The summed E-state index contributed by atoms with van der Waals surface area (Å²) in [5.74, 6) is 0.189. The van der Waals surface area contributed by atoms with Crippen molar-refractivity contribution in [1.29, 1.82) is 0 Å². The zero-order valence-corrected chi connectivity index (χ0v) is 27.9. The summed E-state index contributed by atoms with van der Waals surface area (Å²) >= 11 is 6.52. The average molecular weight is 632 g/mol. The smallest absolute Gasteiger partial charge is 0.406 e. The number of hydrogen-bond acceptors (Lipinski definition) is 10. The molecule has 2 aromatic carbocycles. The van der Waals surface area contributed by atoms with E-state index in [0.29, 0.717) is 23.0 Å². The molecule has 4 aromatic rings. The molecular formula is C30H39ClN5O6P. The average Bonchev–Trinajstić information content (AvgIpc) is 3.16. The topological polar surface area (TPSA) is 130 Å². The maximum atomic E-state index is 13.5. The largest absolute Gasteiger partial charge is 0.477 e. The van der Waals surface area contributed by atoms with Gasteiger partial charge in [0.25, 0.3) is 0 Å². The number of rotatable bonds is 9. The lowest BCUT2D eigenvalue weighted by molar-refractivity contribution is -0.00631. The molecule has 0 saturated heterocycles. The number of hydrogen-bond donors (Lipinski definition) is 2. The molecule has 0 atom stereocenters. The van der Waals surface area contributed by atoms with E-state index in [-0.39, 0.29) is 10.6 Å². The van der Waals surface area contributed by atoms with E-state index in [1.807, 2.05) is 19.1 Å². The first-order chi connectivity index (χ1) is 19.8. The fourth-order valence-electron chi connectivity index (χ4n) is 4.19. The van der Waals surface area contributed by atoms with Gasteiger partial charge in [0, 0.05) is 23.1 Å². The molecule has 11 nitrogen and oxygen atoms in total. The summed E-state index contributed by atoms with van der Waals surface area (Å²) in [5.41, 5.74) is 4.53. The second-order valence-electron chi connectivity index (χ2n) is 12.4. The molecule has 0 radical (unpaired) electrons. The molecule has 0 spiro atoms. The van der Waals surface area contributed by atoms with Gasteiger partial charge in [0.15, 0.2) is 5.58 Å². The standard InChI is InChI=1S/C30H39ClN5O6P/c1-17-11-21(12-18(2)20(17)4)34-27-32-15-19(3)26(35-27)33-22-13-23(31)25-24(14-22)36(28(37)40-25)16-39-43(38,41-29(5,6)7)42-30(8,9)10/h11-15H,16H2,1-10H3,(H2,32,33,34,35). The fourth-order valence-corrected chi connectivity index (χ4v) is 6.18. The van der Waals surface area contributed by atoms with E-state index in [2.05, 4.69) is 41.4 Å². The van der Waals surface area contributed by atoms with Gasteiger partial charge < -0.3 is 15.1 Å². The molecule has 0 aliphatic heterocycles. The number of oxazole rings is 1.